The number of hydrogen-bond donors (Lipinski definition) is 2. The molecule has 3 N–H and O–H groups in total. The van der Waals surface area contributed by atoms with Crippen LogP contribution in [0, 0.1) is 5.92 Å². The van der Waals surface area contributed by atoms with E-state index in [2.05, 4.69) is 9.88 Å². The average Bonchev–Trinajstić information content (AvgIpc) is 2.31. The van der Waals surface area contributed by atoms with Gasteiger partial charge in [-0.1, -0.05) is 0 Å². The van der Waals surface area contributed by atoms with Gasteiger partial charge in [-0.25, -0.2) is 4.98 Å². The van der Waals surface area contributed by atoms with E-state index >= 15 is 0 Å². The van der Waals surface area contributed by atoms with E-state index in [4.69, 9.17) is 10.8 Å². The van der Waals surface area contributed by atoms with E-state index in [1.165, 1.54) is 12.8 Å². The van der Waals surface area contributed by atoms with Gasteiger partial charge < -0.3 is 15.7 Å². The second-order valence-corrected chi connectivity index (χ2v) is 4.42. The second-order valence-electron chi connectivity index (χ2n) is 4.42. The Labute approximate surface area is 96.1 Å². The number of nitrogens with two attached hydrogens (primary N) is 1. The molecule has 1 saturated heterocycles. The quantitative estimate of drug-likeness (QED) is 0.806. The summed E-state index contributed by atoms with van der Waals surface area (Å²) in [6.07, 6.45) is 4.99. The summed E-state index contributed by atoms with van der Waals surface area (Å²) in [4.78, 5) is 6.62. The van der Waals surface area contributed by atoms with Crippen molar-refractivity contribution in [2.24, 2.45) is 5.92 Å². The number of pyridine rings is 1. The SMILES string of the molecule is Nc1ccc(N2CCCC(CCO)C2)nc1. The molecule has 0 aliphatic carbocycles. The molecule has 4 heteroatoms. The van der Waals surface area contributed by atoms with Gasteiger partial charge in [0.2, 0.25) is 0 Å². The number of hydrogen-bond acceptors (Lipinski definition) is 4. The number of nitrogen functional groups attached to an aromatic ring is 1. The molecule has 88 valence electrons. The van der Waals surface area contributed by atoms with Crippen molar-refractivity contribution in [1.29, 1.82) is 0 Å². The number of rotatable bonds is 3. The Bertz CT molecular complexity index is 324. The van der Waals surface area contributed by atoms with Crippen LogP contribution in [-0.4, -0.2) is 29.8 Å². The molecule has 4 nitrogen and oxygen atoms in total. The van der Waals surface area contributed by atoms with Gasteiger partial charge in [0.1, 0.15) is 5.82 Å². The van der Waals surface area contributed by atoms with Crippen LogP contribution in [0.4, 0.5) is 11.5 Å². The number of anilines is 2. The van der Waals surface area contributed by atoms with Crippen molar-refractivity contribution in [3.8, 4) is 0 Å². The molecule has 0 saturated carbocycles. The third-order valence-electron chi connectivity index (χ3n) is 3.15. The van der Waals surface area contributed by atoms with Crippen molar-refractivity contribution in [1.82, 2.24) is 4.98 Å². The first-order valence-corrected chi connectivity index (χ1v) is 5.87. The van der Waals surface area contributed by atoms with E-state index in [0.29, 0.717) is 11.6 Å². The van der Waals surface area contributed by atoms with Crippen LogP contribution in [-0.2, 0) is 0 Å². The zero-order chi connectivity index (χ0) is 11.4. The highest BCUT2D eigenvalue weighted by Gasteiger charge is 2.20. The van der Waals surface area contributed by atoms with Gasteiger partial charge in [0.05, 0.1) is 11.9 Å². The predicted molar refractivity (Wildman–Crippen MR) is 65.3 cm³/mol. The largest absolute Gasteiger partial charge is 0.397 e. The van der Waals surface area contributed by atoms with Gasteiger partial charge in [-0.3, -0.25) is 0 Å². The first kappa shape index (κ1) is 11.2. The molecule has 0 bridgehead atoms. The molecular formula is C12H19N3O. The first-order valence-electron chi connectivity index (χ1n) is 5.87. The molecule has 1 aliphatic rings. The Balaban J connectivity index is 2.01. The molecule has 1 unspecified atom stereocenters. The van der Waals surface area contributed by atoms with Gasteiger partial charge in [-0.15, -0.1) is 0 Å². The lowest BCUT2D eigenvalue weighted by atomic mass is 9.95. The van der Waals surface area contributed by atoms with Crippen molar-refractivity contribution in [2.75, 3.05) is 30.3 Å². The molecule has 2 heterocycles. The maximum absolute atomic E-state index is 8.96. The zero-order valence-electron chi connectivity index (χ0n) is 9.47. The molecule has 0 spiro atoms. The van der Waals surface area contributed by atoms with E-state index in [1.54, 1.807) is 6.20 Å². The van der Waals surface area contributed by atoms with Crippen molar-refractivity contribution in [3.05, 3.63) is 18.3 Å². The third kappa shape index (κ3) is 2.64. The maximum Gasteiger partial charge on any atom is 0.128 e. The van der Waals surface area contributed by atoms with Gasteiger partial charge in [0.25, 0.3) is 0 Å². The van der Waals surface area contributed by atoms with Crippen molar-refractivity contribution in [3.63, 3.8) is 0 Å². The minimum Gasteiger partial charge on any atom is -0.397 e. The van der Waals surface area contributed by atoms with Gasteiger partial charge in [0, 0.05) is 19.7 Å². The number of aliphatic hydroxyl groups excluding tert-OH is 1. The number of aromatic nitrogens is 1. The Hall–Kier alpha value is -1.29. The summed E-state index contributed by atoms with van der Waals surface area (Å²) < 4.78 is 0. The van der Waals surface area contributed by atoms with Gasteiger partial charge in [-0.05, 0) is 37.3 Å². The van der Waals surface area contributed by atoms with Gasteiger partial charge in [0.15, 0.2) is 0 Å². The molecule has 1 atom stereocenters. The zero-order valence-corrected chi connectivity index (χ0v) is 9.47. The molecule has 16 heavy (non-hydrogen) atoms. The van der Waals surface area contributed by atoms with Crippen LogP contribution in [0.5, 0.6) is 0 Å². The fourth-order valence-electron chi connectivity index (χ4n) is 2.28. The highest BCUT2D eigenvalue weighted by atomic mass is 16.3. The molecular weight excluding hydrogens is 202 g/mol. The summed E-state index contributed by atoms with van der Waals surface area (Å²) in [6, 6.07) is 3.86. The molecule has 0 aromatic carbocycles. The standard InChI is InChI=1S/C12H19N3O/c13-11-3-4-12(14-8-11)15-6-1-2-10(9-15)5-7-16/h3-4,8,10,16H,1-2,5-7,9,13H2. The maximum atomic E-state index is 8.96. The van der Waals surface area contributed by atoms with Gasteiger partial charge >= 0.3 is 0 Å². The molecule has 1 fully saturated rings. The normalized spacial score (nSPS) is 21.1. The van der Waals surface area contributed by atoms with Gasteiger partial charge in [-0.2, -0.15) is 0 Å². The predicted octanol–water partition coefficient (Wildman–Crippen LogP) is 1.26. The van der Waals surface area contributed by atoms with Crippen LogP contribution in [0.2, 0.25) is 0 Å². The van der Waals surface area contributed by atoms with E-state index < -0.39 is 0 Å². The highest BCUT2D eigenvalue weighted by molar-refractivity contribution is 5.45. The van der Waals surface area contributed by atoms with E-state index in [-0.39, 0.29) is 6.61 Å². The Morgan fingerprint density at radius 1 is 1.50 bits per heavy atom. The summed E-state index contributed by atoms with van der Waals surface area (Å²) in [7, 11) is 0. The van der Waals surface area contributed by atoms with Crippen LogP contribution in [0.3, 0.4) is 0 Å². The van der Waals surface area contributed by atoms with Crippen molar-refractivity contribution >= 4 is 11.5 Å². The molecule has 2 rings (SSSR count). The fourth-order valence-corrected chi connectivity index (χ4v) is 2.28. The lowest BCUT2D eigenvalue weighted by Crippen LogP contribution is -2.36. The Kier molecular flexibility index (Phi) is 3.62. The Morgan fingerprint density at radius 3 is 3.06 bits per heavy atom. The minimum absolute atomic E-state index is 0.285. The first-order chi connectivity index (χ1) is 7.79. The molecule has 1 aromatic rings. The molecule has 1 aromatic heterocycles. The summed E-state index contributed by atoms with van der Waals surface area (Å²) in [5.74, 6) is 1.59. The lowest BCUT2D eigenvalue weighted by Gasteiger charge is -2.33. The smallest absolute Gasteiger partial charge is 0.128 e. The topological polar surface area (TPSA) is 62.4 Å². The Morgan fingerprint density at radius 2 is 2.38 bits per heavy atom. The van der Waals surface area contributed by atoms with Crippen LogP contribution >= 0.6 is 0 Å². The summed E-state index contributed by atoms with van der Waals surface area (Å²) >= 11 is 0. The van der Waals surface area contributed by atoms with Crippen LogP contribution < -0.4 is 10.6 Å². The number of piperidine rings is 1. The number of aliphatic hydroxyl groups is 1. The summed E-state index contributed by atoms with van der Waals surface area (Å²) in [5.41, 5.74) is 6.32. The molecule has 0 radical (unpaired) electrons. The monoisotopic (exact) mass is 221 g/mol. The second kappa shape index (κ2) is 5.16. The fraction of sp³-hybridized carbons (Fsp3) is 0.583. The summed E-state index contributed by atoms with van der Waals surface area (Å²) in [5, 5.41) is 8.96. The lowest BCUT2D eigenvalue weighted by molar-refractivity contribution is 0.244. The van der Waals surface area contributed by atoms with Crippen LogP contribution in [0.1, 0.15) is 19.3 Å². The van der Waals surface area contributed by atoms with E-state index in [9.17, 15) is 0 Å². The van der Waals surface area contributed by atoms with Crippen molar-refractivity contribution < 1.29 is 5.11 Å². The minimum atomic E-state index is 0.285. The third-order valence-corrected chi connectivity index (χ3v) is 3.15. The van der Waals surface area contributed by atoms with E-state index in [0.717, 1.165) is 25.3 Å². The van der Waals surface area contributed by atoms with Crippen LogP contribution in [0.15, 0.2) is 18.3 Å². The molecule has 1 aliphatic heterocycles. The summed E-state index contributed by atoms with van der Waals surface area (Å²) in [6.45, 7) is 2.34. The van der Waals surface area contributed by atoms with Crippen LogP contribution in [0.25, 0.3) is 0 Å². The van der Waals surface area contributed by atoms with E-state index in [1.807, 2.05) is 12.1 Å². The number of nitrogens with zero attached hydrogens (tertiary/aromatic N) is 2. The average molecular weight is 221 g/mol. The van der Waals surface area contributed by atoms with Crippen molar-refractivity contribution in [2.45, 2.75) is 19.3 Å². The highest BCUT2D eigenvalue weighted by Crippen LogP contribution is 2.23. The molecule has 0 amide bonds.